The van der Waals surface area contributed by atoms with Crippen molar-refractivity contribution in [2.45, 2.75) is 38.8 Å². The minimum atomic E-state index is -0.351. The fourth-order valence-corrected chi connectivity index (χ4v) is 4.38. The highest BCUT2D eigenvalue weighted by Crippen LogP contribution is 2.56. The molecule has 1 atom stereocenters. The van der Waals surface area contributed by atoms with Crippen LogP contribution in [0.5, 0.6) is 0 Å². The first-order valence-electron chi connectivity index (χ1n) is 9.02. The molecule has 1 aliphatic carbocycles. The Hall–Kier alpha value is -1.64. The molecule has 1 saturated heterocycles. The number of nitrogens with one attached hydrogen (secondary N) is 3. The van der Waals surface area contributed by atoms with Crippen LogP contribution < -0.4 is 16.0 Å². The predicted octanol–water partition coefficient (Wildman–Crippen LogP) is 0.893. The van der Waals surface area contributed by atoms with E-state index in [0.717, 1.165) is 37.9 Å². The highest BCUT2D eigenvalue weighted by Gasteiger charge is 2.57. The van der Waals surface area contributed by atoms with Gasteiger partial charge in [-0.05, 0) is 60.2 Å². The third kappa shape index (κ3) is 5.67. The second-order valence-electron chi connectivity index (χ2n) is 7.17. The monoisotopic (exact) mass is 414 g/mol. The summed E-state index contributed by atoms with van der Waals surface area (Å²) >= 11 is 1.62. The van der Waals surface area contributed by atoms with Gasteiger partial charge in [-0.2, -0.15) is 11.3 Å². The van der Waals surface area contributed by atoms with Crippen LogP contribution in [-0.4, -0.2) is 54.8 Å². The Bertz CT molecular complexity index is 662. The van der Waals surface area contributed by atoms with Crippen molar-refractivity contribution in [2.24, 2.45) is 5.41 Å². The molecule has 1 unspecified atom stereocenters. The lowest BCUT2D eigenvalue weighted by molar-refractivity contribution is -0.134. The van der Waals surface area contributed by atoms with E-state index in [0.29, 0.717) is 6.54 Å². The summed E-state index contributed by atoms with van der Waals surface area (Å²) in [6, 6.07) is 2.29. The molecule has 1 spiro atoms. The van der Waals surface area contributed by atoms with Crippen molar-refractivity contribution in [2.75, 3.05) is 26.2 Å². The van der Waals surface area contributed by atoms with Crippen molar-refractivity contribution in [3.63, 3.8) is 0 Å². The SMILES string of the molecule is CC(=O)NCC(=O)NCC(=O)N(Cc1ccsc1)C1CC12CCNCC2.Cl. The zero-order valence-corrected chi connectivity index (χ0v) is 17.1. The molecule has 9 heteroatoms. The van der Waals surface area contributed by atoms with Gasteiger partial charge in [0.25, 0.3) is 0 Å². The van der Waals surface area contributed by atoms with E-state index in [1.807, 2.05) is 16.3 Å². The molecular formula is C18H27ClN4O3S. The Balaban J connectivity index is 0.00000261. The number of piperidine rings is 1. The Labute approximate surface area is 169 Å². The summed E-state index contributed by atoms with van der Waals surface area (Å²) in [5.74, 6) is -0.680. The highest BCUT2D eigenvalue weighted by atomic mass is 35.5. The molecular weight excluding hydrogens is 388 g/mol. The number of amides is 3. The van der Waals surface area contributed by atoms with Crippen molar-refractivity contribution in [1.29, 1.82) is 0 Å². The van der Waals surface area contributed by atoms with E-state index in [1.165, 1.54) is 6.92 Å². The zero-order valence-electron chi connectivity index (χ0n) is 15.5. The standard InChI is InChI=1S/C18H26N4O3S.ClH/c1-13(23)20-9-16(24)21-10-17(25)22(11-14-2-7-26-12-14)15-8-18(15)3-5-19-6-4-18;/h2,7,12,15,19H,3-6,8-11H2,1H3,(H,20,23)(H,21,24);1H. The van der Waals surface area contributed by atoms with Crippen molar-refractivity contribution in [1.82, 2.24) is 20.9 Å². The summed E-state index contributed by atoms with van der Waals surface area (Å²) in [4.78, 5) is 37.4. The quantitative estimate of drug-likeness (QED) is 0.618. The molecule has 1 aromatic rings. The van der Waals surface area contributed by atoms with Gasteiger partial charge < -0.3 is 20.9 Å². The predicted molar refractivity (Wildman–Crippen MR) is 107 cm³/mol. The van der Waals surface area contributed by atoms with E-state index in [-0.39, 0.29) is 54.7 Å². The van der Waals surface area contributed by atoms with Gasteiger partial charge in [-0.3, -0.25) is 14.4 Å². The second-order valence-corrected chi connectivity index (χ2v) is 7.95. The first-order valence-corrected chi connectivity index (χ1v) is 9.97. The lowest BCUT2D eigenvalue weighted by Crippen LogP contribution is -2.45. The molecule has 1 saturated carbocycles. The average Bonchev–Trinajstić information content (AvgIpc) is 3.06. The molecule has 0 radical (unpaired) electrons. The molecule has 3 N–H and O–H groups in total. The molecule has 2 fully saturated rings. The zero-order chi connectivity index (χ0) is 18.6. The number of hydrogen-bond donors (Lipinski definition) is 3. The second kappa shape index (κ2) is 9.52. The summed E-state index contributed by atoms with van der Waals surface area (Å²) in [6.07, 6.45) is 3.24. The van der Waals surface area contributed by atoms with Gasteiger partial charge in [0, 0.05) is 19.5 Å². The third-order valence-corrected chi connectivity index (χ3v) is 6.04. The van der Waals surface area contributed by atoms with Crippen LogP contribution in [0.25, 0.3) is 0 Å². The molecule has 3 amide bonds. The maximum absolute atomic E-state index is 12.8. The van der Waals surface area contributed by atoms with Crippen LogP contribution in [0.4, 0.5) is 0 Å². The van der Waals surface area contributed by atoms with E-state index in [9.17, 15) is 14.4 Å². The van der Waals surface area contributed by atoms with Crippen molar-refractivity contribution < 1.29 is 14.4 Å². The van der Waals surface area contributed by atoms with Crippen molar-refractivity contribution in [3.8, 4) is 0 Å². The van der Waals surface area contributed by atoms with Crippen LogP contribution in [0.2, 0.25) is 0 Å². The summed E-state index contributed by atoms with van der Waals surface area (Å²) in [5, 5.41) is 12.5. The first kappa shape index (κ1) is 21.7. The maximum Gasteiger partial charge on any atom is 0.242 e. The van der Waals surface area contributed by atoms with Gasteiger partial charge >= 0.3 is 0 Å². The minimum absolute atomic E-state index is 0. The fourth-order valence-electron chi connectivity index (χ4n) is 3.72. The number of rotatable bonds is 7. The van der Waals surface area contributed by atoms with Gasteiger partial charge in [-0.25, -0.2) is 0 Å². The van der Waals surface area contributed by atoms with E-state index >= 15 is 0 Å². The highest BCUT2D eigenvalue weighted by molar-refractivity contribution is 7.07. The number of hydrogen-bond acceptors (Lipinski definition) is 5. The number of carbonyl (C=O) groups is 3. The normalized spacial score (nSPS) is 19.7. The van der Waals surface area contributed by atoms with Crippen LogP contribution in [0.15, 0.2) is 16.8 Å². The first-order chi connectivity index (χ1) is 12.5. The summed E-state index contributed by atoms with van der Waals surface area (Å²) in [6.45, 7) is 3.81. The van der Waals surface area contributed by atoms with E-state index in [1.54, 1.807) is 11.3 Å². The molecule has 2 heterocycles. The number of carbonyl (C=O) groups excluding carboxylic acids is 3. The topological polar surface area (TPSA) is 90.5 Å². The fraction of sp³-hybridized carbons (Fsp3) is 0.611. The summed E-state index contributed by atoms with van der Waals surface area (Å²) in [7, 11) is 0. The molecule has 0 aromatic carbocycles. The smallest absolute Gasteiger partial charge is 0.242 e. The van der Waals surface area contributed by atoms with Crippen LogP contribution in [0.1, 0.15) is 31.7 Å². The van der Waals surface area contributed by atoms with E-state index in [2.05, 4.69) is 21.3 Å². The van der Waals surface area contributed by atoms with Gasteiger partial charge in [-0.15, -0.1) is 12.4 Å². The Morgan fingerprint density at radius 2 is 2.00 bits per heavy atom. The van der Waals surface area contributed by atoms with E-state index < -0.39 is 0 Å². The van der Waals surface area contributed by atoms with Crippen LogP contribution in [0.3, 0.4) is 0 Å². The van der Waals surface area contributed by atoms with Gasteiger partial charge in [0.15, 0.2) is 0 Å². The Morgan fingerprint density at radius 1 is 1.26 bits per heavy atom. The molecule has 2 aliphatic rings. The molecule has 150 valence electrons. The summed E-state index contributed by atoms with van der Waals surface area (Å²) in [5.41, 5.74) is 1.38. The van der Waals surface area contributed by atoms with Crippen molar-refractivity contribution >= 4 is 41.5 Å². The molecule has 3 rings (SSSR count). The lowest BCUT2D eigenvalue weighted by Gasteiger charge is -2.29. The molecule has 7 nitrogen and oxygen atoms in total. The van der Waals surface area contributed by atoms with Gasteiger partial charge in [-0.1, -0.05) is 0 Å². The van der Waals surface area contributed by atoms with Crippen LogP contribution in [-0.2, 0) is 20.9 Å². The molecule has 0 bridgehead atoms. The van der Waals surface area contributed by atoms with E-state index in [4.69, 9.17) is 0 Å². The lowest BCUT2D eigenvalue weighted by atomic mass is 9.93. The largest absolute Gasteiger partial charge is 0.347 e. The Morgan fingerprint density at radius 3 is 2.63 bits per heavy atom. The summed E-state index contributed by atoms with van der Waals surface area (Å²) < 4.78 is 0. The number of nitrogens with zero attached hydrogens (tertiary/aromatic N) is 1. The average molecular weight is 415 g/mol. The minimum Gasteiger partial charge on any atom is -0.347 e. The van der Waals surface area contributed by atoms with Crippen LogP contribution in [0, 0.1) is 5.41 Å². The number of thiophene rings is 1. The molecule has 1 aliphatic heterocycles. The van der Waals surface area contributed by atoms with Gasteiger partial charge in [0.1, 0.15) is 0 Å². The van der Waals surface area contributed by atoms with Crippen LogP contribution >= 0.6 is 23.7 Å². The van der Waals surface area contributed by atoms with Crippen molar-refractivity contribution in [3.05, 3.63) is 22.4 Å². The number of halogens is 1. The molecule has 1 aromatic heterocycles. The van der Waals surface area contributed by atoms with Gasteiger partial charge in [0.05, 0.1) is 13.1 Å². The van der Waals surface area contributed by atoms with Gasteiger partial charge in [0.2, 0.25) is 17.7 Å². The third-order valence-electron chi connectivity index (χ3n) is 5.31. The maximum atomic E-state index is 12.8. The Kier molecular flexibility index (Phi) is 7.64. The molecule has 27 heavy (non-hydrogen) atoms.